The van der Waals surface area contributed by atoms with Crippen LogP contribution in [0.1, 0.15) is 52.9 Å². The smallest absolute Gasteiger partial charge is 0.410 e. The highest BCUT2D eigenvalue weighted by Gasteiger charge is 2.46. The van der Waals surface area contributed by atoms with Crippen molar-refractivity contribution in [3.05, 3.63) is 0 Å². The van der Waals surface area contributed by atoms with Crippen molar-refractivity contribution in [2.24, 2.45) is 11.3 Å². The first kappa shape index (κ1) is 15.1. The molecule has 0 bridgehead atoms. The molecular formula is C15H26BrNO2. The minimum atomic E-state index is -0.385. The molecule has 1 spiro atoms. The molecule has 1 aliphatic carbocycles. The number of likely N-dealkylation sites (tertiary alicyclic amines) is 1. The molecule has 0 N–H and O–H groups in total. The zero-order chi connectivity index (χ0) is 14.1. The van der Waals surface area contributed by atoms with Gasteiger partial charge in [-0.3, -0.25) is 0 Å². The number of hydrogen-bond acceptors (Lipinski definition) is 2. The molecule has 110 valence electrons. The van der Waals surface area contributed by atoms with Gasteiger partial charge in [-0.2, -0.15) is 0 Å². The predicted molar refractivity (Wildman–Crippen MR) is 80.6 cm³/mol. The van der Waals surface area contributed by atoms with Crippen LogP contribution in [-0.4, -0.2) is 35.0 Å². The summed E-state index contributed by atoms with van der Waals surface area (Å²) in [6.07, 6.45) is 6.20. The predicted octanol–water partition coefficient (Wildman–Crippen LogP) is 4.20. The number of carbonyl (C=O) groups is 1. The highest BCUT2D eigenvalue weighted by molar-refractivity contribution is 9.09. The first-order chi connectivity index (χ1) is 8.84. The van der Waals surface area contributed by atoms with Crippen molar-refractivity contribution in [3.63, 3.8) is 0 Å². The molecule has 0 unspecified atom stereocenters. The molecule has 1 aliphatic heterocycles. The summed E-state index contributed by atoms with van der Waals surface area (Å²) < 4.78 is 5.44. The normalized spacial score (nSPS) is 23.3. The lowest BCUT2D eigenvalue weighted by Gasteiger charge is -2.52. The van der Waals surface area contributed by atoms with E-state index in [2.05, 4.69) is 15.9 Å². The Morgan fingerprint density at radius 3 is 2.37 bits per heavy atom. The molecule has 1 heterocycles. The number of alkyl halides is 1. The lowest BCUT2D eigenvalue weighted by atomic mass is 9.57. The fourth-order valence-corrected chi connectivity index (χ4v) is 4.07. The van der Waals surface area contributed by atoms with E-state index in [1.165, 1.54) is 19.3 Å². The molecular weight excluding hydrogens is 306 g/mol. The third kappa shape index (κ3) is 3.87. The molecule has 2 aliphatic rings. The topological polar surface area (TPSA) is 29.5 Å². The zero-order valence-electron chi connectivity index (χ0n) is 12.4. The molecule has 2 fully saturated rings. The molecule has 0 aromatic carbocycles. The molecule has 0 radical (unpaired) electrons. The first-order valence-electron chi connectivity index (χ1n) is 7.37. The van der Waals surface area contributed by atoms with Crippen LogP contribution < -0.4 is 0 Å². The van der Waals surface area contributed by atoms with E-state index >= 15 is 0 Å². The van der Waals surface area contributed by atoms with Crippen molar-refractivity contribution >= 4 is 22.0 Å². The molecule has 2 rings (SSSR count). The summed E-state index contributed by atoms with van der Waals surface area (Å²) in [4.78, 5) is 13.9. The Morgan fingerprint density at radius 2 is 1.89 bits per heavy atom. The number of ether oxygens (including phenoxy) is 1. The van der Waals surface area contributed by atoms with E-state index in [0.717, 1.165) is 37.2 Å². The second-order valence-electron chi connectivity index (χ2n) is 7.22. The molecule has 4 heteroatoms. The molecule has 1 saturated heterocycles. The van der Waals surface area contributed by atoms with Crippen molar-refractivity contribution in [2.45, 2.75) is 58.5 Å². The number of rotatable bonds is 2. The maximum atomic E-state index is 12.0. The van der Waals surface area contributed by atoms with Crippen molar-refractivity contribution in [1.82, 2.24) is 4.90 Å². The van der Waals surface area contributed by atoms with Gasteiger partial charge in [0.1, 0.15) is 5.60 Å². The first-order valence-corrected chi connectivity index (χ1v) is 8.50. The third-order valence-corrected chi connectivity index (χ3v) is 4.89. The van der Waals surface area contributed by atoms with E-state index in [1.54, 1.807) is 0 Å². The Hall–Kier alpha value is -0.250. The summed E-state index contributed by atoms with van der Waals surface area (Å²) >= 11 is 3.52. The van der Waals surface area contributed by atoms with Gasteiger partial charge in [0.25, 0.3) is 0 Å². The van der Waals surface area contributed by atoms with E-state index in [-0.39, 0.29) is 11.7 Å². The van der Waals surface area contributed by atoms with Crippen LogP contribution in [0.5, 0.6) is 0 Å². The number of hydrogen-bond donors (Lipinski definition) is 0. The van der Waals surface area contributed by atoms with Crippen LogP contribution in [0.4, 0.5) is 4.79 Å². The Morgan fingerprint density at radius 1 is 1.32 bits per heavy atom. The van der Waals surface area contributed by atoms with Crippen LogP contribution in [0.2, 0.25) is 0 Å². The fourth-order valence-electron chi connectivity index (χ4n) is 3.42. The van der Waals surface area contributed by atoms with Gasteiger partial charge in [0, 0.05) is 18.4 Å². The summed E-state index contributed by atoms with van der Waals surface area (Å²) in [5, 5.41) is 1.12. The maximum Gasteiger partial charge on any atom is 0.410 e. The Kier molecular flexibility index (Phi) is 4.49. The summed E-state index contributed by atoms with van der Waals surface area (Å²) in [6.45, 7) is 7.51. The number of piperidine rings is 1. The van der Waals surface area contributed by atoms with Crippen LogP contribution in [0.25, 0.3) is 0 Å². The fraction of sp³-hybridized carbons (Fsp3) is 0.933. The number of amides is 1. The van der Waals surface area contributed by atoms with Gasteiger partial charge < -0.3 is 9.64 Å². The summed E-state index contributed by atoms with van der Waals surface area (Å²) in [6, 6.07) is 0. The standard InChI is InChI=1S/C15H26BrNO2/c1-14(2,3)19-13(18)17-8-5-15(6-9-17)10-12(11-15)4-7-16/h12H,4-11H2,1-3H3. The largest absolute Gasteiger partial charge is 0.444 e. The number of carbonyl (C=O) groups excluding carboxylic acids is 1. The lowest BCUT2D eigenvalue weighted by molar-refractivity contribution is -0.0276. The Bertz CT molecular complexity index is 322. The number of halogens is 1. The van der Waals surface area contributed by atoms with E-state index in [9.17, 15) is 4.79 Å². The van der Waals surface area contributed by atoms with E-state index < -0.39 is 0 Å². The molecule has 0 atom stereocenters. The van der Waals surface area contributed by atoms with Crippen LogP contribution in [0.15, 0.2) is 0 Å². The molecule has 1 amide bonds. The summed E-state index contributed by atoms with van der Waals surface area (Å²) in [7, 11) is 0. The molecule has 3 nitrogen and oxygen atoms in total. The highest BCUT2D eigenvalue weighted by Crippen LogP contribution is 2.53. The second-order valence-corrected chi connectivity index (χ2v) is 8.01. The highest BCUT2D eigenvalue weighted by atomic mass is 79.9. The Labute approximate surface area is 125 Å². The van der Waals surface area contributed by atoms with Gasteiger partial charge in [0.2, 0.25) is 0 Å². The SMILES string of the molecule is CC(C)(C)OC(=O)N1CCC2(CC1)CC(CCBr)C2. The minimum Gasteiger partial charge on any atom is -0.444 e. The lowest BCUT2D eigenvalue weighted by Crippen LogP contribution is -2.49. The molecule has 0 aromatic heterocycles. The third-order valence-electron chi connectivity index (χ3n) is 4.44. The second kappa shape index (κ2) is 5.63. The van der Waals surface area contributed by atoms with Crippen molar-refractivity contribution in [2.75, 3.05) is 18.4 Å². The van der Waals surface area contributed by atoms with Gasteiger partial charge in [-0.05, 0) is 64.2 Å². The zero-order valence-corrected chi connectivity index (χ0v) is 14.0. The minimum absolute atomic E-state index is 0.140. The monoisotopic (exact) mass is 331 g/mol. The molecule has 19 heavy (non-hydrogen) atoms. The van der Waals surface area contributed by atoms with Crippen LogP contribution in [0, 0.1) is 11.3 Å². The average molecular weight is 332 g/mol. The number of nitrogens with zero attached hydrogens (tertiary/aromatic N) is 1. The van der Waals surface area contributed by atoms with E-state index in [1.807, 2.05) is 25.7 Å². The van der Waals surface area contributed by atoms with Crippen molar-refractivity contribution < 1.29 is 9.53 Å². The van der Waals surface area contributed by atoms with Crippen LogP contribution >= 0.6 is 15.9 Å². The summed E-state index contributed by atoms with van der Waals surface area (Å²) in [5.41, 5.74) is 0.162. The van der Waals surface area contributed by atoms with Crippen LogP contribution in [-0.2, 0) is 4.74 Å². The van der Waals surface area contributed by atoms with Crippen molar-refractivity contribution in [1.29, 1.82) is 0 Å². The van der Waals surface area contributed by atoms with Gasteiger partial charge in [-0.1, -0.05) is 15.9 Å². The van der Waals surface area contributed by atoms with Gasteiger partial charge in [-0.15, -0.1) is 0 Å². The summed E-state index contributed by atoms with van der Waals surface area (Å²) in [5.74, 6) is 0.910. The van der Waals surface area contributed by atoms with E-state index in [4.69, 9.17) is 4.74 Å². The Balaban J connectivity index is 1.76. The molecule has 1 saturated carbocycles. The molecule has 0 aromatic rings. The van der Waals surface area contributed by atoms with Gasteiger partial charge >= 0.3 is 6.09 Å². The average Bonchev–Trinajstić information content (AvgIpc) is 2.26. The van der Waals surface area contributed by atoms with Gasteiger partial charge in [-0.25, -0.2) is 4.79 Å². The van der Waals surface area contributed by atoms with Gasteiger partial charge in [0.15, 0.2) is 0 Å². The van der Waals surface area contributed by atoms with Gasteiger partial charge in [0.05, 0.1) is 0 Å². The van der Waals surface area contributed by atoms with E-state index in [0.29, 0.717) is 5.41 Å². The van der Waals surface area contributed by atoms with Crippen LogP contribution in [0.3, 0.4) is 0 Å². The quantitative estimate of drug-likeness (QED) is 0.709. The van der Waals surface area contributed by atoms with Crippen molar-refractivity contribution in [3.8, 4) is 0 Å². The maximum absolute atomic E-state index is 12.0.